The molecule has 0 saturated heterocycles. The zero-order valence-corrected chi connectivity index (χ0v) is 13.1. The SMILES string of the molecule is Cc1ccc(N(C)C(CN)c2cncn2C2CC2)c(C)c1. The van der Waals surface area contributed by atoms with Crippen LogP contribution >= 0.6 is 0 Å². The highest BCUT2D eigenvalue weighted by Crippen LogP contribution is 2.38. The number of hydrogen-bond donors (Lipinski definition) is 1. The van der Waals surface area contributed by atoms with Crippen LogP contribution in [0.15, 0.2) is 30.7 Å². The Balaban J connectivity index is 1.93. The van der Waals surface area contributed by atoms with Crippen LogP contribution in [0.25, 0.3) is 0 Å². The lowest BCUT2D eigenvalue weighted by atomic mass is 10.1. The number of rotatable bonds is 5. The lowest BCUT2D eigenvalue weighted by Gasteiger charge is -2.31. The number of imidazole rings is 1. The van der Waals surface area contributed by atoms with Crippen LogP contribution in [-0.4, -0.2) is 23.1 Å². The van der Waals surface area contributed by atoms with Gasteiger partial charge in [-0.05, 0) is 38.3 Å². The molecule has 1 fully saturated rings. The van der Waals surface area contributed by atoms with Crippen molar-refractivity contribution < 1.29 is 0 Å². The van der Waals surface area contributed by atoms with Gasteiger partial charge in [0.2, 0.25) is 0 Å². The molecule has 0 spiro atoms. The van der Waals surface area contributed by atoms with Gasteiger partial charge >= 0.3 is 0 Å². The van der Waals surface area contributed by atoms with Crippen molar-refractivity contribution in [1.29, 1.82) is 0 Å². The molecule has 2 N–H and O–H groups in total. The lowest BCUT2D eigenvalue weighted by molar-refractivity contribution is 0.594. The Hall–Kier alpha value is -1.81. The van der Waals surface area contributed by atoms with E-state index in [-0.39, 0.29) is 6.04 Å². The molecule has 0 amide bonds. The van der Waals surface area contributed by atoms with Crippen molar-refractivity contribution in [1.82, 2.24) is 9.55 Å². The quantitative estimate of drug-likeness (QED) is 0.918. The van der Waals surface area contributed by atoms with E-state index in [0.29, 0.717) is 12.6 Å². The summed E-state index contributed by atoms with van der Waals surface area (Å²) in [6.45, 7) is 4.87. The molecule has 1 heterocycles. The van der Waals surface area contributed by atoms with E-state index in [4.69, 9.17) is 5.73 Å². The zero-order valence-electron chi connectivity index (χ0n) is 13.1. The molecule has 1 aliphatic carbocycles. The van der Waals surface area contributed by atoms with E-state index >= 15 is 0 Å². The van der Waals surface area contributed by atoms with E-state index in [0.717, 1.165) is 0 Å². The van der Waals surface area contributed by atoms with Crippen molar-refractivity contribution in [3.8, 4) is 0 Å². The van der Waals surface area contributed by atoms with Crippen molar-refractivity contribution in [2.45, 2.75) is 38.8 Å². The fourth-order valence-electron chi connectivity index (χ4n) is 3.08. The van der Waals surface area contributed by atoms with Gasteiger partial charge in [-0.1, -0.05) is 17.7 Å². The molecule has 3 rings (SSSR count). The topological polar surface area (TPSA) is 47.1 Å². The van der Waals surface area contributed by atoms with Gasteiger partial charge in [0, 0.05) is 25.3 Å². The third kappa shape index (κ3) is 2.68. The zero-order chi connectivity index (χ0) is 15.0. The van der Waals surface area contributed by atoms with E-state index in [1.54, 1.807) is 0 Å². The third-order valence-corrected chi connectivity index (χ3v) is 4.40. The summed E-state index contributed by atoms with van der Waals surface area (Å²) in [5.74, 6) is 0. The van der Waals surface area contributed by atoms with E-state index in [9.17, 15) is 0 Å². The molecule has 1 unspecified atom stereocenters. The number of nitrogens with two attached hydrogens (primary N) is 1. The molecule has 0 radical (unpaired) electrons. The predicted molar refractivity (Wildman–Crippen MR) is 86.6 cm³/mol. The van der Waals surface area contributed by atoms with Gasteiger partial charge in [0.25, 0.3) is 0 Å². The second-order valence-electron chi connectivity index (χ2n) is 6.11. The van der Waals surface area contributed by atoms with Crippen LogP contribution in [-0.2, 0) is 0 Å². The molecular weight excluding hydrogens is 260 g/mol. The lowest BCUT2D eigenvalue weighted by Crippen LogP contribution is -2.32. The van der Waals surface area contributed by atoms with Crippen molar-refractivity contribution in [2.24, 2.45) is 5.73 Å². The smallest absolute Gasteiger partial charge is 0.0951 e. The van der Waals surface area contributed by atoms with Crippen LogP contribution in [0.1, 0.15) is 41.7 Å². The summed E-state index contributed by atoms with van der Waals surface area (Å²) in [6, 6.07) is 7.35. The molecule has 4 heteroatoms. The van der Waals surface area contributed by atoms with E-state index in [1.807, 2.05) is 12.5 Å². The van der Waals surface area contributed by atoms with Gasteiger partial charge in [0.1, 0.15) is 0 Å². The standard InChI is InChI=1S/C17H24N4/c1-12-4-7-15(13(2)8-12)20(3)16(9-18)17-10-19-11-21(17)14-5-6-14/h4,7-8,10-11,14,16H,5-6,9,18H2,1-3H3. The number of nitrogens with zero attached hydrogens (tertiary/aromatic N) is 3. The van der Waals surface area contributed by atoms with Gasteiger partial charge < -0.3 is 15.2 Å². The van der Waals surface area contributed by atoms with E-state index in [1.165, 1.54) is 35.3 Å². The van der Waals surface area contributed by atoms with Crippen LogP contribution < -0.4 is 10.6 Å². The summed E-state index contributed by atoms with van der Waals surface area (Å²) in [6.07, 6.45) is 6.43. The van der Waals surface area contributed by atoms with Crippen molar-refractivity contribution >= 4 is 5.69 Å². The van der Waals surface area contributed by atoms with Gasteiger partial charge in [-0.15, -0.1) is 0 Å². The maximum absolute atomic E-state index is 6.09. The summed E-state index contributed by atoms with van der Waals surface area (Å²) >= 11 is 0. The first-order chi connectivity index (χ1) is 10.1. The minimum Gasteiger partial charge on any atom is -0.364 e. The van der Waals surface area contributed by atoms with E-state index in [2.05, 4.69) is 53.5 Å². The Kier molecular flexibility index (Phi) is 3.72. The minimum atomic E-state index is 0.162. The molecule has 1 atom stereocenters. The van der Waals surface area contributed by atoms with Crippen molar-refractivity contribution in [3.63, 3.8) is 0 Å². The summed E-state index contributed by atoms with van der Waals surface area (Å²) in [7, 11) is 2.12. The fourth-order valence-corrected chi connectivity index (χ4v) is 3.08. The number of benzene rings is 1. The third-order valence-electron chi connectivity index (χ3n) is 4.40. The number of aryl methyl sites for hydroxylation is 2. The molecule has 1 saturated carbocycles. The van der Waals surface area contributed by atoms with Crippen LogP contribution in [0.4, 0.5) is 5.69 Å². The maximum atomic E-state index is 6.09. The Morgan fingerprint density at radius 1 is 1.38 bits per heavy atom. The van der Waals surface area contributed by atoms with Crippen molar-refractivity contribution in [3.05, 3.63) is 47.5 Å². The highest BCUT2D eigenvalue weighted by Gasteiger charge is 2.29. The first-order valence-electron chi connectivity index (χ1n) is 7.63. The summed E-state index contributed by atoms with van der Waals surface area (Å²) < 4.78 is 2.30. The number of likely N-dealkylation sites (N-methyl/N-ethyl adjacent to an activating group) is 1. The molecule has 112 valence electrons. The predicted octanol–water partition coefficient (Wildman–Crippen LogP) is 2.97. The number of aromatic nitrogens is 2. The van der Waals surface area contributed by atoms with Crippen LogP contribution in [0, 0.1) is 13.8 Å². The van der Waals surface area contributed by atoms with Crippen LogP contribution in [0.3, 0.4) is 0 Å². The van der Waals surface area contributed by atoms with E-state index < -0.39 is 0 Å². The van der Waals surface area contributed by atoms with Gasteiger partial charge in [-0.25, -0.2) is 4.98 Å². The maximum Gasteiger partial charge on any atom is 0.0951 e. The monoisotopic (exact) mass is 284 g/mol. The average molecular weight is 284 g/mol. The molecule has 1 aliphatic rings. The van der Waals surface area contributed by atoms with Gasteiger partial charge in [-0.3, -0.25) is 0 Å². The Morgan fingerprint density at radius 3 is 2.76 bits per heavy atom. The largest absolute Gasteiger partial charge is 0.364 e. The Morgan fingerprint density at radius 2 is 2.14 bits per heavy atom. The molecular formula is C17H24N4. The highest BCUT2D eigenvalue weighted by atomic mass is 15.2. The molecule has 4 nitrogen and oxygen atoms in total. The summed E-state index contributed by atoms with van der Waals surface area (Å²) in [5, 5.41) is 0. The average Bonchev–Trinajstić information content (AvgIpc) is 3.19. The van der Waals surface area contributed by atoms with Gasteiger partial charge in [0.15, 0.2) is 0 Å². The molecule has 1 aromatic heterocycles. The fraction of sp³-hybridized carbons (Fsp3) is 0.471. The summed E-state index contributed by atoms with van der Waals surface area (Å²) in [4.78, 5) is 6.63. The summed E-state index contributed by atoms with van der Waals surface area (Å²) in [5.41, 5.74) is 11.1. The molecule has 0 bridgehead atoms. The first-order valence-corrected chi connectivity index (χ1v) is 7.63. The number of anilines is 1. The molecule has 21 heavy (non-hydrogen) atoms. The van der Waals surface area contributed by atoms with Gasteiger partial charge in [-0.2, -0.15) is 0 Å². The Labute approximate surface area is 126 Å². The first kappa shape index (κ1) is 14.1. The van der Waals surface area contributed by atoms with Crippen LogP contribution in [0.5, 0.6) is 0 Å². The van der Waals surface area contributed by atoms with Crippen molar-refractivity contribution in [2.75, 3.05) is 18.5 Å². The highest BCUT2D eigenvalue weighted by molar-refractivity contribution is 5.55. The van der Waals surface area contributed by atoms with Crippen LogP contribution in [0.2, 0.25) is 0 Å². The Bertz CT molecular complexity index is 627. The molecule has 1 aromatic carbocycles. The molecule has 0 aliphatic heterocycles. The molecule has 2 aromatic rings. The van der Waals surface area contributed by atoms with Gasteiger partial charge in [0.05, 0.1) is 24.3 Å². The second kappa shape index (κ2) is 5.53. The second-order valence-corrected chi connectivity index (χ2v) is 6.11. The normalized spacial score (nSPS) is 16.0. The number of hydrogen-bond acceptors (Lipinski definition) is 3. The minimum absolute atomic E-state index is 0.162.